The molecule has 6 heteroatoms. The van der Waals surface area contributed by atoms with E-state index in [1.54, 1.807) is 0 Å². The molecule has 2 heterocycles. The Labute approximate surface area is 95.2 Å². The summed E-state index contributed by atoms with van der Waals surface area (Å²) >= 11 is 1.34. The molecule has 2 aromatic heterocycles. The molecular formula is C10H9N3O2S. The molecule has 2 rings (SSSR count). The van der Waals surface area contributed by atoms with Gasteiger partial charge < -0.3 is 4.98 Å². The van der Waals surface area contributed by atoms with Gasteiger partial charge in [0.15, 0.2) is 5.13 Å². The van der Waals surface area contributed by atoms with E-state index in [0.717, 1.165) is 5.69 Å². The summed E-state index contributed by atoms with van der Waals surface area (Å²) in [6.07, 6.45) is 0. The molecule has 0 saturated heterocycles. The van der Waals surface area contributed by atoms with Crippen LogP contribution in [0.5, 0.6) is 0 Å². The molecule has 0 saturated carbocycles. The minimum absolute atomic E-state index is 0.223. The van der Waals surface area contributed by atoms with Crippen molar-refractivity contribution in [2.75, 3.05) is 5.32 Å². The standard InChI is InChI=1S/C10H9N3O2S/c1-6-5-16-10(11-6)13-9(15)7-3-2-4-8(14)12-7/h2-5H,1H3,(H,12,14)(H,11,13,15). The van der Waals surface area contributed by atoms with Crippen LogP contribution < -0.4 is 10.9 Å². The van der Waals surface area contributed by atoms with E-state index in [0.29, 0.717) is 5.13 Å². The van der Waals surface area contributed by atoms with Crippen molar-refractivity contribution < 1.29 is 4.79 Å². The number of aromatic nitrogens is 2. The maximum absolute atomic E-state index is 11.7. The SMILES string of the molecule is Cc1csc(NC(=O)c2cccc(=O)[nH]2)n1. The smallest absolute Gasteiger partial charge is 0.273 e. The molecule has 82 valence electrons. The molecule has 0 aliphatic rings. The first-order valence-electron chi connectivity index (χ1n) is 4.58. The number of nitrogens with one attached hydrogen (secondary N) is 2. The second-order valence-corrected chi connectivity index (χ2v) is 4.03. The van der Waals surface area contributed by atoms with E-state index in [-0.39, 0.29) is 17.2 Å². The van der Waals surface area contributed by atoms with Gasteiger partial charge in [-0.25, -0.2) is 4.98 Å². The lowest BCUT2D eigenvalue weighted by Gasteiger charge is -2.00. The van der Waals surface area contributed by atoms with Crippen LogP contribution in [0.2, 0.25) is 0 Å². The van der Waals surface area contributed by atoms with E-state index in [2.05, 4.69) is 15.3 Å². The van der Waals surface area contributed by atoms with Crippen molar-refractivity contribution >= 4 is 22.4 Å². The van der Waals surface area contributed by atoms with E-state index >= 15 is 0 Å². The predicted octanol–water partition coefficient (Wildman–Crippen LogP) is 1.39. The van der Waals surface area contributed by atoms with Crippen LogP contribution in [0.15, 0.2) is 28.4 Å². The average molecular weight is 235 g/mol. The zero-order valence-electron chi connectivity index (χ0n) is 8.48. The van der Waals surface area contributed by atoms with Crippen molar-refractivity contribution in [2.45, 2.75) is 6.92 Å². The van der Waals surface area contributed by atoms with Gasteiger partial charge >= 0.3 is 0 Å². The van der Waals surface area contributed by atoms with Gasteiger partial charge in [0.05, 0.1) is 5.69 Å². The number of carbonyl (C=O) groups is 1. The summed E-state index contributed by atoms with van der Waals surface area (Å²) in [6.45, 7) is 1.84. The molecular weight excluding hydrogens is 226 g/mol. The lowest BCUT2D eigenvalue weighted by atomic mass is 10.3. The molecule has 0 aliphatic carbocycles. The Bertz CT molecular complexity index is 573. The Hall–Kier alpha value is -1.95. The summed E-state index contributed by atoms with van der Waals surface area (Å²) in [6, 6.07) is 4.42. The maximum Gasteiger partial charge on any atom is 0.273 e. The third-order valence-corrected chi connectivity index (χ3v) is 2.73. The highest BCUT2D eigenvalue weighted by atomic mass is 32.1. The summed E-state index contributed by atoms with van der Waals surface area (Å²) in [5.74, 6) is -0.368. The Balaban J connectivity index is 2.17. The van der Waals surface area contributed by atoms with Crippen molar-refractivity contribution in [3.8, 4) is 0 Å². The first-order chi connectivity index (χ1) is 7.65. The van der Waals surface area contributed by atoms with Gasteiger partial charge in [-0.05, 0) is 13.0 Å². The number of rotatable bonds is 2. The highest BCUT2D eigenvalue weighted by molar-refractivity contribution is 7.13. The highest BCUT2D eigenvalue weighted by Gasteiger charge is 2.08. The van der Waals surface area contributed by atoms with E-state index in [1.807, 2.05) is 12.3 Å². The number of amides is 1. The van der Waals surface area contributed by atoms with Gasteiger partial charge in [0.25, 0.3) is 5.91 Å². The number of hydrogen-bond acceptors (Lipinski definition) is 4. The first kappa shape index (κ1) is 10.6. The monoisotopic (exact) mass is 235 g/mol. The fourth-order valence-electron chi connectivity index (χ4n) is 1.16. The largest absolute Gasteiger partial charge is 0.318 e. The van der Waals surface area contributed by atoms with Crippen molar-refractivity contribution in [3.05, 3.63) is 45.3 Å². The lowest BCUT2D eigenvalue weighted by molar-refractivity contribution is 0.102. The minimum Gasteiger partial charge on any atom is -0.318 e. The third kappa shape index (κ3) is 2.34. The second kappa shape index (κ2) is 4.28. The van der Waals surface area contributed by atoms with Crippen LogP contribution in [0.3, 0.4) is 0 Å². The fourth-order valence-corrected chi connectivity index (χ4v) is 1.84. The van der Waals surface area contributed by atoms with Crippen LogP contribution >= 0.6 is 11.3 Å². The number of carbonyl (C=O) groups excluding carboxylic acids is 1. The van der Waals surface area contributed by atoms with Crippen LogP contribution in [0.25, 0.3) is 0 Å². The van der Waals surface area contributed by atoms with Crippen LogP contribution in [0.4, 0.5) is 5.13 Å². The first-order valence-corrected chi connectivity index (χ1v) is 5.46. The topological polar surface area (TPSA) is 74.8 Å². The van der Waals surface area contributed by atoms with Gasteiger partial charge in [0.2, 0.25) is 5.56 Å². The van der Waals surface area contributed by atoms with E-state index in [9.17, 15) is 9.59 Å². The molecule has 0 fully saturated rings. The highest BCUT2D eigenvalue weighted by Crippen LogP contribution is 2.14. The fraction of sp³-hybridized carbons (Fsp3) is 0.100. The number of aryl methyl sites for hydroxylation is 1. The van der Waals surface area contributed by atoms with Gasteiger partial charge in [0.1, 0.15) is 5.69 Å². The third-order valence-electron chi connectivity index (χ3n) is 1.85. The number of thiazole rings is 1. The van der Waals surface area contributed by atoms with Crippen LogP contribution in [-0.4, -0.2) is 15.9 Å². The zero-order valence-corrected chi connectivity index (χ0v) is 9.30. The average Bonchev–Trinajstić information content (AvgIpc) is 2.64. The van der Waals surface area contributed by atoms with E-state index in [4.69, 9.17) is 0 Å². The quantitative estimate of drug-likeness (QED) is 0.826. The Morgan fingerprint density at radius 2 is 2.31 bits per heavy atom. The molecule has 0 atom stereocenters. The summed E-state index contributed by atoms with van der Waals surface area (Å²) in [7, 11) is 0. The number of pyridine rings is 1. The van der Waals surface area contributed by atoms with Crippen molar-refractivity contribution in [3.63, 3.8) is 0 Å². The van der Waals surface area contributed by atoms with Crippen molar-refractivity contribution in [1.82, 2.24) is 9.97 Å². The van der Waals surface area contributed by atoms with Crippen LogP contribution in [0.1, 0.15) is 16.2 Å². The normalized spacial score (nSPS) is 10.1. The Kier molecular flexibility index (Phi) is 2.82. The second-order valence-electron chi connectivity index (χ2n) is 3.18. The lowest BCUT2D eigenvalue weighted by Crippen LogP contribution is -2.17. The van der Waals surface area contributed by atoms with Gasteiger partial charge in [-0.1, -0.05) is 6.07 Å². The number of hydrogen-bond donors (Lipinski definition) is 2. The minimum atomic E-state index is -0.368. The van der Waals surface area contributed by atoms with E-state index < -0.39 is 0 Å². The molecule has 0 aliphatic heterocycles. The van der Waals surface area contributed by atoms with Crippen LogP contribution in [-0.2, 0) is 0 Å². The molecule has 5 nitrogen and oxygen atoms in total. The van der Waals surface area contributed by atoms with Gasteiger partial charge in [-0.15, -0.1) is 11.3 Å². The summed E-state index contributed by atoms with van der Waals surface area (Å²) in [4.78, 5) is 29.2. The maximum atomic E-state index is 11.7. The van der Waals surface area contributed by atoms with Crippen LogP contribution in [0, 0.1) is 6.92 Å². The molecule has 0 aromatic carbocycles. The predicted molar refractivity (Wildman–Crippen MR) is 61.9 cm³/mol. The molecule has 2 aromatic rings. The molecule has 0 unspecified atom stereocenters. The molecule has 1 amide bonds. The molecule has 0 bridgehead atoms. The summed E-state index contributed by atoms with van der Waals surface area (Å²) < 4.78 is 0. The van der Waals surface area contributed by atoms with Gasteiger partial charge in [0, 0.05) is 11.4 Å². The molecule has 0 radical (unpaired) electrons. The summed E-state index contributed by atoms with van der Waals surface area (Å²) in [5, 5.41) is 4.96. The number of H-pyrrole nitrogens is 1. The van der Waals surface area contributed by atoms with Gasteiger partial charge in [-0.3, -0.25) is 14.9 Å². The van der Waals surface area contributed by atoms with Crippen molar-refractivity contribution in [1.29, 1.82) is 0 Å². The number of aromatic amines is 1. The molecule has 2 N–H and O–H groups in total. The zero-order chi connectivity index (χ0) is 11.5. The summed E-state index contributed by atoms with van der Waals surface area (Å²) in [5.41, 5.74) is 0.769. The molecule has 0 spiro atoms. The number of anilines is 1. The van der Waals surface area contributed by atoms with Crippen molar-refractivity contribution in [2.24, 2.45) is 0 Å². The number of nitrogens with zero attached hydrogens (tertiary/aromatic N) is 1. The van der Waals surface area contributed by atoms with Gasteiger partial charge in [-0.2, -0.15) is 0 Å². The Morgan fingerprint density at radius 3 is 2.94 bits per heavy atom. The van der Waals surface area contributed by atoms with E-state index in [1.165, 1.54) is 29.5 Å². The molecule has 16 heavy (non-hydrogen) atoms. The Morgan fingerprint density at radius 1 is 1.50 bits per heavy atom.